The van der Waals surface area contributed by atoms with Crippen LogP contribution in [-0.2, 0) is 20.0 Å². The second-order valence-corrected chi connectivity index (χ2v) is 9.28. The van der Waals surface area contributed by atoms with Crippen molar-refractivity contribution in [3.05, 3.63) is 48.3 Å². The van der Waals surface area contributed by atoms with E-state index >= 15 is 0 Å². The fraction of sp³-hybridized carbons (Fsp3) is 0.333. The first kappa shape index (κ1) is 22.1. The van der Waals surface area contributed by atoms with Crippen LogP contribution in [0.4, 0.5) is 10.1 Å². The van der Waals surface area contributed by atoms with E-state index in [2.05, 4.69) is 4.72 Å². The van der Waals surface area contributed by atoms with Crippen molar-refractivity contribution >= 4 is 25.7 Å². The minimum atomic E-state index is -4.24. The molecular formula is C18H23FN2O5S2. The van der Waals surface area contributed by atoms with Crippen molar-refractivity contribution in [3.63, 3.8) is 0 Å². The van der Waals surface area contributed by atoms with Crippen LogP contribution in [0.25, 0.3) is 0 Å². The molecule has 0 unspecified atom stereocenters. The summed E-state index contributed by atoms with van der Waals surface area (Å²) >= 11 is 0. The van der Waals surface area contributed by atoms with Crippen LogP contribution in [-0.4, -0.2) is 40.8 Å². The highest BCUT2D eigenvalue weighted by Gasteiger charge is 2.27. The van der Waals surface area contributed by atoms with Crippen molar-refractivity contribution < 1.29 is 26.0 Å². The summed E-state index contributed by atoms with van der Waals surface area (Å²) in [5.74, 6) is -0.792. The second-order valence-electron chi connectivity index (χ2n) is 5.72. The highest BCUT2D eigenvalue weighted by atomic mass is 32.2. The predicted octanol–water partition coefficient (Wildman–Crippen LogP) is 3.06. The maximum Gasteiger partial charge on any atom is 0.264 e. The van der Waals surface area contributed by atoms with Gasteiger partial charge < -0.3 is 4.74 Å². The minimum absolute atomic E-state index is 0.0163. The number of rotatable bonds is 9. The number of nitrogens with zero attached hydrogens (tertiary/aromatic N) is 1. The van der Waals surface area contributed by atoms with Gasteiger partial charge in [-0.15, -0.1) is 0 Å². The number of anilines is 1. The SMILES string of the molecule is CCOc1ccc(NS(=O)(=O)c2ccccc2F)cc1S(=O)(=O)N(CC)CC. The van der Waals surface area contributed by atoms with Crippen molar-refractivity contribution in [2.24, 2.45) is 0 Å². The van der Waals surface area contributed by atoms with Crippen LogP contribution in [0.2, 0.25) is 0 Å². The van der Waals surface area contributed by atoms with E-state index in [0.29, 0.717) is 0 Å². The molecule has 2 aromatic rings. The van der Waals surface area contributed by atoms with Crippen molar-refractivity contribution in [2.45, 2.75) is 30.6 Å². The summed E-state index contributed by atoms with van der Waals surface area (Å²) in [6.45, 7) is 5.84. The summed E-state index contributed by atoms with van der Waals surface area (Å²) < 4.78 is 73.6. The molecule has 0 aliphatic carbocycles. The largest absolute Gasteiger partial charge is 0.492 e. The highest BCUT2D eigenvalue weighted by molar-refractivity contribution is 7.92. The van der Waals surface area contributed by atoms with Gasteiger partial charge in [0.05, 0.1) is 12.3 Å². The van der Waals surface area contributed by atoms with Gasteiger partial charge in [-0.1, -0.05) is 26.0 Å². The Kier molecular flexibility index (Phi) is 7.02. The molecule has 7 nitrogen and oxygen atoms in total. The first-order chi connectivity index (χ1) is 13.2. The second kappa shape index (κ2) is 8.89. The van der Waals surface area contributed by atoms with Crippen LogP contribution in [0.3, 0.4) is 0 Å². The molecule has 10 heteroatoms. The summed E-state index contributed by atoms with van der Waals surface area (Å²) in [6, 6.07) is 8.84. The molecule has 0 radical (unpaired) electrons. The zero-order valence-electron chi connectivity index (χ0n) is 15.8. The Balaban J connectivity index is 2.52. The normalized spacial score (nSPS) is 12.2. The molecule has 0 fully saturated rings. The Bertz CT molecular complexity index is 1040. The Morgan fingerprint density at radius 2 is 1.61 bits per heavy atom. The topological polar surface area (TPSA) is 92.8 Å². The Morgan fingerprint density at radius 3 is 2.18 bits per heavy atom. The lowest BCUT2D eigenvalue weighted by Crippen LogP contribution is -2.31. The average Bonchev–Trinajstić information content (AvgIpc) is 2.64. The van der Waals surface area contributed by atoms with Gasteiger partial charge in [-0.3, -0.25) is 4.72 Å². The molecular weight excluding hydrogens is 407 g/mol. The Labute approximate surface area is 165 Å². The lowest BCUT2D eigenvalue weighted by atomic mass is 10.3. The van der Waals surface area contributed by atoms with Gasteiger partial charge in [-0.2, -0.15) is 4.31 Å². The molecule has 0 aliphatic rings. The monoisotopic (exact) mass is 430 g/mol. The molecule has 0 spiro atoms. The summed E-state index contributed by atoms with van der Waals surface area (Å²) in [7, 11) is -8.14. The lowest BCUT2D eigenvalue weighted by molar-refractivity contribution is 0.329. The van der Waals surface area contributed by atoms with Gasteiger partial charge in [-0.05, 0) is 37.3 Å². The van der Waals surface area contributed by atoms with E-state index in [0.717, 1.165) is 12.1 Å². The molecule has 0 amide bonds. The van der Waals surface area contributed by atoms with Gasteiger partial charge in [0.1, 0.15) is 21.4 Å². The fourth-order valence-electron chi connectivity index (χ4n) is 2.62. The van der Waals surface area contributed by atoms with Crippen molar-refractivity contribution in [2.75, 3.05) is 24.4 Å². The smallest absolute Gasteiger partial charge is 0.264 e. The van der Waals surface area contributed by atoms with Gasteiger partial charge >= 0.3 is 0 Å². The number of halogens is 1. The molecule has 0 atom stereocenters. The molecule has 0 heterocycles. The van der Waals surface area contributed by atoms with Gasteiger partial charge in [0.2, 0.25) is 10.0 Å². The van der Waals surface area contributed by atoms with Crippen LogP contribution < -0.4 is 9.46 Å². The third-order valence-electron chi connectivity index (χ3n) is 3.95. The molecule has 0 aliphatic heterocycles. The van der Waals surface area contributed by atoms with Crippen LogP contribution in [0, 0.1) is 5.82 Å². The summed E-state index contributed by atoms with van der Waals surface area (Å²) in [5.41, 5.74) is -0.0163. The highest BCUT2D eigenvalue weighted by Crippen LogP contribution is 2.31. The number of benzene rings is 2. The standard InChI is InChI=1S/C18H23FN2O5S2/c1-4-21(5-2)28(24,25)18-13-14(11-12-16(18)26-6-3)20-27(22,23)17-10-8-7-9-15(17)19/h7-13,20H,4-6H2,1-3H3. The van der Waals surface area contributed by atoms with Gasteiger partial charge in [0.15, 0.2) is 0 Å². The number of hydrogen-bond acceptors (Lipinski definition) is 5. The zero-order valence-corrected chi connectivity index (χ0v) is 17.5. The first-order valence-electron chi connectivity index (χ1n) is 8.71. The maximum atomic E-state index is 13.9. The lowest BCUT2D eigenvalue weighted by Gasteiger charge is -2.21. The molecule has 2 rings (SSSR count). The summed E-state index contributed by atoms with van der Waals surface area (Å²) in [5, 5.41) is 0. The van der Waals surface area contributed by atoms with E-state index in [1.165, 1.54) is 34.6 Å². The number of ether oxygens (including phenoxy) is 1. The molecule has 1 N–H and O–H groups in total. The average molecular weight is 431 g/mol. The number of hydrogen-bond donors (Lipinski definition) is 1. The van der Waals surface area contributed by atoms with E-state index in [1.807, 2.05) is 0 Å². The van der Waals surface area contributed by atoms with Crippen LogP contribution >= 0.6 is 0 Å². The molecule has 2 aromatic carbocycles. The van der Waals surface area contributed by atoms with E-state index in [9.17, 15) is 21.2 Å². The van der Waals surface area contributed by atoms with Gasteiger partial charge in [-0.25, -0.2) is 21.2 Å². The van der Waals surface area contributed by atoms with Crippen molar-refractivity contribution in [1.82, 2.24) is 4.31 Å². The van der Waals surface area contributed by atoms with Crippen LogP contribution in [0.15, 0.2) is 52.3 Å². The van der Waals surface area contributed by atoms with Gasteiger partial charge in [0.25, 0.3) is 10.0 Å². The number of sulfonamides is 2. The minimum Gasteiger partial charge on any atom is -0.492 e. The predicted molar refractivity (Wildman–Crippen MR) is 105 cm³/mol. The summed E-state index contributed by atoms with van der Waals surface area (Å²) in [6.07, 6.45) is 0. The first-order valence-corrected chi connectivity index (χ1v) is 11.6. The molecule has 0 saturated carbocycles. The summed E-state index contributed by atoms with van der Waals surface area (Å²) in [4.78, 5) is -0.691. The van der Waals surface area contributed by atoms with Crippen LogP contribution in [0.5, 0.6) is 5.75 Å². The Morgan fingerprint density at radius 1 is 0.964 bits per heavy atom. The fourth-order valence-corrected chi connectivity index (χ4v) is 5.37. The number of nitrogens with one attached hydrogen (secondary N) is 1. The molecule has 0 saturated heterocycles. The van der Waals surface area contributed by atoms with E-state index in [-0.39, 0.29) is 36.0 Å². The third kappa shape index (κ3) is 4.62. The van der Waals surface area contributed by atoms with E-state index in [4.69, 9.17) is 4.74 Å². The van der Waals surface area contributed by atoms with Crippen molar-refractivity contribution in [1.29, 1.82) is 0 Å². The molecule has 0 aromatic heterocycles. The van der Waals surface area contributed by atoms with Crippen molar-refractivity contribution in [3.8, 4) is 5.75 Å². The molecule has 154 valence electrons. The quantitative estimate of drug-likeness (QED) is 0.660. The van der Waals surface area contributed by atoms with Crippen LogP contribution in [0.1, 0.15) is 20.8 Å². The third-order valence-corrected chi connectivity index (χ3v) is 7.43. The van der Waals surface area contributed by atoms with E-state index in [1.54, 1.807) is 20.8 Å². The van der Waals surface area contributed by atoms with Gasteiger partial charge in [0, 0.05) is 13.1 Å². The molecule has 28 heavy (non-hydrogen) atoms. The molecule has 0 bridgehead atoms. The maximum absolute atomic E-state index is 13.9. The van der Waals surface area contributed by atoms with E-state index < -0.39 is 30.8 Å². The Hall–Kier alpha value is -2.17. The zero-order chi connectivity index (χ0) is 20.9.